The molecule has 11 heteroatoms. The number of nitrogens with one attached hydrogen (secondary N) is 2. The maximum atomic E-state index is 14.6. The lowest BCUT2D eigenvalue weighted by Crippen LogP contribution is -2.32. The van der Waals surface area contributed by atoms with Crippen molar-refractivity contribution in [3.05, 3.63) is 82.2 Å². The third-order valence-electron chi connectivity index (χ3n) is 5.60. The summed E-state index contributed by atoms with van der Waals surface area (Å²) in [6, 6.07) is 12.5. The third-order valence-corrected chi connectivity index (χ3v) is 6.16. The minimum Gasteiger partial charge on any atom is -0.486 e. The third kappa shape index (κ3) is 4.14. The zero-order chi connectivity index (χ0) is 24.7. The molecule has 1 aliphatic heterocycles. The summed E-state index contributed by atoms with van der Waals surface area (Å²) in [7, 11) is -3.96. The number of hydrogen-bond acceptors (Lipinski definition) is 6. The van der Waals surface area contributed by atoms with Gasteiger partial charge >= 0.3 is 0 Å². The first-order chi connectivity index (χ1) is 16.7. The average Bonchev–Trinajstić information content (AvgIpc) is 3.14. The number of halogens is 1. The molecule has 2 aromatic carbocycles. The van der Waals surface area contributed by atoms with Gasteiger partial charge in [0.2, 0.25) is 10.0 Å². The highest BCUT2D eigenvalue weighted by Crippen LogP contribution is 2.45. The molecule has 0 aliphatic carbocycles. The van der Waals surface area contributed by atoms with Crippen molar-refractivity contribution in [1.82, 2.24) is 14.3 Å². The molecule has 35 heavy (non-hydrogen) atoms. The molecular weight excluding hydrogens is 477 g/mol. The van der Waals surface area contributed by atoms with Gasteiger partial charge in [-0.15, -0.1) is 0 Å². The van der Waals surface area contributed by atoms with Gasteiger partial charge < -0.3 is 19.0 Å². The number of aromatic nitrogens is 2. The predicted octanol–water partition coefficient (Wildman–Crippen LogP) is 2.64. The van der Waals surface area contributed by atoms with Crippen molar-refractivity contribution < 1.29 is 27.1 Å². The van der Waals surface area contributed by atoms with Crippen LogP contribution in [0.1, 0.15) is 16.1 Å². The molecule has 0 atom stereocenters. The number of ether oxygens (including phenoxy) is 2. The Labute approximate surface area is 199 Å². The largest absolute Gasteiger partial charge is 0.486 e. The number of benzene rings is 2. The Morgan fingerprint density at radius 3 is 2.63 bits per heavy atom. The molecule has 0 spiro atoms. The number of amides is 1. The molecule has 4 aromatic rings. The number of sulfonamides is 1. The predicted molar refractivity (Wildman–Crippen MR) is 127 cm³/mol. The maximum Gasteiger partial charge on any atom is 0.282 e. The molecule has 1 aliphatic rings. The number of fused-ring (bicyclic) bond motifs is 3. The van der Waals surface area contributed by atoms with E-state index in [1.807, 2.05) is 4.72 Å². The van der Waals surface area contributed by atoms with E-state index < -0.39 is 27.3 Å². The van der Waals surface area contributed by atoms with Gasteiger partial charge in [0.05, 0.1) is 29.3 Å². The number of carbonyl (C=O) groups is 1. The molecule has 0 fully saturated rings. The van der Waals surface area contributed by atoms with Gasteiger partial charge in [-0.2, -0.15) is 0 Å². The van der Waals surface area contributed by atoms with Crippen molar-refractivity contribution in [3.8, 4) is 22.6 Å². The van der Waals surface area contributed by atoms with Crippen LogP contribution in [0.3, 0.4) is 0 Å². The van der Waals surface area contributed by atoms with Gasteiger partial charge in [-0.25, -0.2) is 17.5 Å². The number of nitrogens with zero attached hydrogens (tertiary/aromatic N) is 1. The number of H-pyrrole nitrogens is 1. The van der Waals surface area contributed by atoms with Gasteiger partial charge in [0, 0.05) is 17.3 Å². The first kappa shape index (κ1) is 22.7. The zero-order valence-electron chi connectivity index (χ0n) is 18.5. The van der Waals surface area contributed by atoms with Crippen molar-refractivity contribution in [2.75, 3.05) is 19.5 Å². The summed E-state index contributed by atoms with van der Waals surface area (Å²) in [4.78, 5) is 28.9. The fourth-order valence-corrected chi connectivity index (χ4v) is 4.67. The second-order valence-corrected chi connectivity index (χ2v) is 9.75. The van der Waals surface area contributed by atoms with E-state index in [0.29, 0.717) is 29.0 Å². The Morgan fingerprint density at radius 2 is 1.89 bits per heavy atom. The molecule has 0 radical (unpaired) electrons. The summed E-state index contributed by atoms with van der Waals surface area (Å²) in [6.45, 7) is 0.442. The molecule has 0 saturated carbocycles. The van der Waals surface area contributed by atoms with E-state index in [2.05, 4.69) is 4.98 Å². The van der Waals surface area contributed by atoms with Crippen LogP contribution in [0.5, 0.6) is 11.5 Å². The van der Waals surface area contributed by atoms with Gasteiger partial charge in [0.25, 0.3) is 11.5 Å². The van der Waals surface area contributed by atoms with Gasteiger partial charge in [-0.05, 0) is 30.3 Å². The van der Waals surface area contributed by atoms with Gasteiger partial charge in [-0.3, -0.25) is 9.59 Å². The Bertz CT molecular complexity index is 1640. The number of carbonyl (C=O) groups excluding carboxylic acids is 1. The number of hydrogen-bond donors (Lipinski definition) is 2. The van der Waals surface area contributed by atoms with Crippen LogP contribution in [0, 0.1) is 5.82 Å². The topological polar surface area (TPSA) is 119 Å². The van der Waals surface area contributed by atoms with E-state index in [4.69, 9.17) is 9.47 Å². The van der Waals surface area contributed by atoms with Crippen LogP contribution >= 0.6 is 0 Å². The molecular formula is C24H20FN3O6S. The second-order valence-electron chi connectivity index (χ2n) is 8.00. The SMILES string of the molecule is CS(=O)(=O)NC(=O)c1c(-c2ccc[nH]c2=O)c2c3c(ccc2n1Cc1ccccc1F)OCCO3. The highest BCUT2D eigenvalue weighted by molar-refractivity contribution is 7.89. The van der Waals surface area contributed by atoms with Crippen molar-refractivity contribution in [3.63, 3.8) is 0 Å². The zero-order valence-corrected chi connectivity index (χ0v) is 19.3. The Kier molecular flexibility index (Phi) is 5.56. The van der Waals surface area contributed by atoms with E-state index in [9.17, 15) is 22.4 Å². The number of rotatable bonds is 5. The van der Waals surface area contributed by atoms with Crippen LogP contribution in [-0.4, -0.2) is 43.3 Å². The minimum absolute atomic E-state index is 0.111. The van der Waals surface area contributed by atoms with E-state index >= 15 is 0 Å². The highest BCUT2D eigenvalue weighted by atomic mass is 32.2. The van der Waals surface area contributed by atoms with E-state index in [1.54, 1.807) is 36.4 Å². The minimum atomic E-state index is -3.96. The summed E-state index contributed by atoms with van der Waals surface area (Å²) >= 11 is 0. The molecule has 2 N–H and O–H groups in total. The lowest BCUT2D eigenvalue weighted by atomic mass is 10.0. The van der Waals surface area contributed by atoms with E-state index in [-0.39, 0.29) is 35.5 Å². The summed E-state index contributed by atoms with van der Waals surface area (Å²) in [5.74, 6) is -0.743. The number of aromatic amines is 1. The number of pyridine rings is 1. The van der Waals surface area contributed by atoms with E-state index in [0.717, 1.165) is 6.26 Å². The first-order valence-electron chi connectivity index (χ1n) is 10.6. The lowest BCUT2D eigenvalue weighted by Gasteiger charge is -2.19. The summed E-state index contributed by atoms with van der Waals surface area (Å²) < 4.78 is 53.7. The Hall–Kier alpha value is -4.12. The van der Waals surface area contributed by atoms with Crippen LogP contribution in [0.4, 0.5) is 4.39 Å². The quantitative estimate of drug-likeness (QED) is 0.438. The Balaban J connectivity index is 1.91. The van der Waals surface area contributed by atoms with Crippen LogP contribution in [0.2, 0.25) is 0 Å². The molecule has 180 valence electrons. The molecule has 0 bridgehead atoms. The summed E-state index contributed by atoms with van der Waals surface area (Å²) in [5.41, 5.74) is 0.344. The van der Waals surface area contributed by atoms with Crippen molar-refractivity contribution in [2.24, 2.45) is 0 Å². The normalized spacial score (nSPS) is 13.1. The van der Waals surface area contributed by atoms with Crippen LogP contribution in [0.25, 0.3) is 22.0 Å². The highest BCUT2D eigenvalue weighted by Gasteiger charge is 2.31. The molecule has 5 rings (SSSR count). The molecule has 0 unspecified atom stereocenters. The average molecular weight is 498 g/mol. The van der Waals surface area contributed by atoms with Gasteiger partial charge in [0.15, 0.2) is 11.5 Å². The van der Waals surface area contributed by atoms with Gasteiger partial charge in [-0.1, -0.05) is 18.2 Å². The standard InChI is InChI=1S/C24H20FN3O6S/c1-35(31,32)27-24(30)21-19(15-6-4-10-26-23(15)29)20-17(8-9-18-22(20)34-12-11-33-18)28(21)13-14-5-2-3-7-16(14)25/h2-10H,11-13H2,1H3,(H,26,29)(H,27,30). The molecule has 2 aromatic heterocycles. The van der Waals surface area contributed by atoms with Crippen LogP contribution in [-0.2, 0) is 16.6 Å². The monoisotopic (exact) mass is 497 g/mol. The van der Waals surface area contributed by atoms with Gasteiger partial charge in [0.1, 0.15) is 24.7 Å². The maximum absolute atomic E-state index is 14.6. The lowest BCUT2D eigenvalue weighted by molar-refractivity contribution is 0.0974. The second kappa shape index (κ2) is 8.58. The molecule has 3 heterocycles. The molecule has 1 amide bonds. The van der Waals surface area contributed by atoms with Crippen LogP contribution < -0.4 is 19.8 Å². The van der Waals surface area contributed by atoms with Crippen molar-refractivity contribution in [2.45, 2.75) is 6.54 Å². The fourth-order valence-electron chi connectivity index (χ4n) is 4.24. The van der Waals surface area contributed by atoms with Crippen LogP contribution in [0.15, 0.2) is 59.5 Å². The molecule has 9 nitrogen and oxygen atoms in total. The summed E-state index contributed by atoms with van der Waals surface area (Å²) in [6.07, 6.45) is 2.29. The molecule has 0 saturated heterocycles. The first-order valence-corrected chi connectivity index (χ1v) is 12.5. The van der Waals surface area contributed by atoms with Crippen molar-refractivity contribution >= 4 is 26.8 Å². The van der Waals surface area contributed by atoms with E-state index in [1.165, 1.54) is 22.9 Å². The Morgan fingerprint density at radius 1 is 1.11 bits per heavy atom. The smallest absolute Gasteiger partial charge is 0.282 e. The summed E-state index contributed by atoms with van der Waals surface area (Å²) in [5, 5.41) is 0.383. The fraction of sp³-hybridized carbons (Fsp3) is 0.167. The van der Waals surface area contributed by atoms with Crippen molar-refractivity contribution in [1.29, 1.82) is 0 Å².